The molecule has 1 fully saturated rings. The predicted molar refractivity (Wildman–Crippen MR) is 99.7 cm³/mol. The molecule has 1 aromatic rings. The minimum absolute atomic E-state index is 0.167. The van der Waals surface area contributed by atoms with Gasteiger partial charge in [0.1, 0.15) is 0 Å². The second kappa shape index (κ2) is 10.0. The topological polar surface area (TPSA) is 39.7 Å². The third kappa shape index (κ3) is 7.83. The van der Waals surface area contributed by atoms with Crippen LogP contribution in [0.4, 0.5) is 13.2 Å². The maximum Gasteiger partial charge on any atom is 0.401 e. The van der Waals surface area contributed by atoms with E-state index in [1.165, 1.54) is 4.90 Å². The summed E-state index contributed by atoms with van der Waals surface area (Å²) < 4.78 is 37.4. The van der Waals surface area contributed by atoms with Crippen LogP contribution in [-0.4, -0.2) is 56.3 Å². The van der Waals surface area contributed by atoms with Gasteiger partial charge in [-0.3, -0.25) is 9.89 Å². The second-order valence-corrected chi connectivity index (χ2v) is 6.97. The molecular weight excluding hydrogens is 365 g/mol. The van der Waals surface area contributed by atoms with Crippen molar-refractivity contribution in [3.05, 3.63) is 34.9 Å². The molecular formula is C18H26ClF3N4. The van der Waals surface area contributed by atoms with Crippen molar-refractivity contribution in [3.8, 4) is 0 Å². The first kappa shape index (κ1) is 20.8. The number of rotatable bonds is 7. The summed E-state index contributed by atoms with van der Waals surface area (Å²) in [4.78, 5) is 5.99. The SMILES string of the molecule is CCNC(=NCC1CCN(CC(F)(F)F)C1)NCCc1cccc(Cl)c1. The van der Waals surface area contributed by atoms with E-state index in [2.05, 4.69) is 15.6 Å². The van der Waals surface area contributed by atoms with Gasteiger partial charge in [-0.25, -0.2) is 0 Å². The minimum atomic E-state index is -4.13. The number of nitrogens with one attached hydrogen (secondary N) is 2. The summed E-state index contributed by atoms with van der Waals surface area (Å²) in [7, 11) is 0. The normalized spacial score (nSPS) is 19.0. The summed E-state index contributed by atoms with van der Waals surface area (Å²) in [5.74, 6) is 0.865. The molecule has 0 amide bonds. The van der Waals surface area contributed by atoms with E-state index in [4.69, 9.17) is 11.6 Å². The van der Waals surface area contributed by atoms with Crippen molar-refractivity contribution < 1.29 is 13.2 Å². The molecule has 0 aliphatic carbocycles. The number of halogens is 4. The largest absolute Gasteiger partial charge is 0.401 e. The zero-order chi connectivity index (χ0) is 19.0. The fraction of sp³-hybridized carbons (Fsp3) is 0.611. The molecule has 0 saturated carbocycles. The van der Waals surface area contributed by atoms with Gasteiger partial charge in [0, 0.05) is 31.2 Å². The molecule has 0 radical (unpaired) electrons. The van der Waals surface area contributed by atoms with Crippen LogP contribution in [-0.2, 0) is 6.42 Å². The molecule has 0 spiro atoms. The Labute approximate surface area is 157 Å². The zero-order valence-electron chi connectivity index (χ0n) is 14.9. The lowest BCUT2D eigenvalue weighted by Crippen LogP contribution is -2.38. The van der Waals surface area contributed by atoms with E-state index in [1.54, 1.807) is 0 Å². The summed E-state index contributed by atoms with van der Waals surface area (Å²) in [6.07, 6.45) is -2.57. The first-order valence-electron chi connectivity index (χ1n) is 8.91. The molecule has 1 aromatic carbocycles. The lowest BCUT2D eigenvalue weighted by Gasteiger charge is -2.17. The second-order valence-electron chi connectivity index (χ2n) is 6.53. The Bertz CT molecular complexity index is 592. The highest BCUT2D eigenvalue weighted by Crippen LogP contribution is 2.22. The predicted octanol–water partition coefficient (Wildman–Crippen LogP) is 3.32. The number of likely N-dealkylation sites (tertiary alicyclic amines) is 1. The third-order valence-corrected chi connectivity index (χ3v) is 4.45. The number of aliphatic imine (C=N–C) groups is 1. The number of alkyl halides is 3. The van der Waals surface area contributed by atoms with Crippen LogP contribution in [0.2, 0.25) is 5.02 Å². The van der Waals surface area contributed by atoms with Crippen molar-refractivity contribution in [1.29, 1.82) is 0 Å². The van der Waals surface area contributed by atoms with Gasteiger partial charge in [-0.2, -0.15) is 13.2 Å². The Morgan fingerprint density at radius 3 is 2.85 bits per heavy atom. The molecule has 146 valence electrons. The smallest absolute Gasteiger partial charge is 0.357 e. The number of hydrogen-bond donors (Lipinski definition) is 2. The maximum atomic E-state index is 12.5. The fourth-order valence-corrected chi connectivity index (χ4v) is 3.25. The molecule has 0 bridgehead atoms. The molecule has 1 heterocycles. The van der Waals surface area contributed by atoms with Crippen molar-refractivity contribution in [2.24, 2.45) is 10.9 Å². The lowest BCUT2D eigenvalue weighted by atomic mass is 10.1. The molecule has 1 aliphatic heterocycles. The number of nitrogens with zero attached hydrogens (tertiary/aromatic N) is 2. The van der Waals surface area contributed by atoms with Crippen LogP contribution in [0, 0.1) is 5.92 Å². The third-order valence-electron chi connectivity index (χ3n) is 4.22. The van der Waals surface area contributed by atoms with Crippen LogP contribution in [0.3, 0.4) is 0 Å². The van der Waals surface area contributed by atoms with Crippen LogP contribution < -0.4 is 10.6 Å². The Balaban J connectivity index is 1.77. The summed E-state index contributed by atoms with van der Waals surface area (Å²) in [6.45, 7) is 4.05. The van der Waals surface area contributed by atoms with Gasteiger partial charge in [0.25, 0.3) is 0 Å². The average molecular weight is 391 g/mol. The van der Waals surface area contributed by atoms with Gasteiger partial charge < -0.3 is 10.6 Å². The van der Waals surface area contributed by atoms with E-state index in [0.29, 0.717) is 37.2 Å². The van der Waals surface area contributed by atoms with Gasteiger partial charge in [0.05, 0.1) is 6.54 Å². The Morgan fingerprint density at radius 1 is 1.35 bits per heavy atom. The van der Waals surface area contributed by atoms with Crippen molar-refractivity contribution in [2.45, 2.75) is 25.9 Å². The fourth-order valence-electron chi connectivity index (χ4n) is 3.04. The molecule has 1 unspecified atom stereocenters. The quantitative estimate of drug-likeness (QED) is 0.554. The summed E-state index contributed by atoms with van der Waals surface area (Å²) in [5, 5.41) is 7.15. The van der Waals surface area contributed by atoms with Gasteiger partial charge in [0.2, 0.25) is 0 Å². The molecule has 4 nitrogen and oxygen atoms in total. The first-order valence-corrected chi connectivity index (χ1v) is 9.29. The molecule has 26 heavy (non-hydrogen) atoms. The van der Waals surface area contributed by atoms with E-state index in [0.717, 1.165) is 24.9 Å². The van der Waals surface area contributed by atoms with Crippen LogP contribution in [0.1, 0.15) is 18.9 Å². The molecule has 8 heteroatoms. The van der Waals surface area contributed by atoms with E-state index in [1.807, 2.05) is 31.2 Å². The van der Waals surface area contributed by atoms with Crippen LogP contribution in [0.25, 0.3) is 0 Å². The monoisotopic (exact) mass is 390 g/mol. The molecule has 1 saturated heterocycles. The Morgan fingerprint density at radius 2 is 2.15 bits per heavy atom. The maximum absolute atomic E-state index is 12.5. The standard InChI is InChI=1S/C18H26ClF3N4/c1-2-23-17(24-8-6-14-4-3-5-16(19)10-14)25-11-15-7-9-26(12-15)13-18(20,21)22/h3-5,10,15H,2,6-9,11-13H2,1H3,(H2,23,24,25). The minimum Gasteiger partial charge on any atom is -0.357 e. The van der Waals surface area contributed by atoms with Gasteiger partial charge >= 0.3 is 6.18 Å². The number of hydrogen-bond acceptors (Lipinski definition) is 2. The Kier molecular flexibility index (Phi) is 8.03. The van der Waals surface area contributed by atoms with Gasteiger partial charge in [0.15, 0.2) is 5.96 Å². The summed E-state index contributed by atoms with van der Waals surface area (Å²) >= 11 is 5.98. The van der Waals surface area contributed by atoms with Gasteiger partial charge in [-0.05, 0) is 49.9 Å². The van der Waals surface area contributed by atoms with Gasteiger partial charge in [-0.1, -0.05) is 23.7 Å². The van der Waals surface area contributed by atoms with E-state index < -0.39 is 12.7 Å². The van der Waals surface area contributed by atoms with E-state index >= 15 is 0 Å². The van der Waals surface area contributed by atoms with Crippen molar-refractivity contribution in [3.63, 3.8) is 0 Å². The van der Waals surface area contributed by atoms with Crippen molar-refractivity contribution in [2.75, 3.05) is 39.3 Å². The molecule has 0 aromatic heterocycles. The van der Waals surface area contributed by atoms with Crippen LogP contribution in [0.5, 0.6) is 0 Å². The first-order chi connectivity index (χ1) is 12.4. The molecule has 2 rings (SSSR count). The van der Waals surface area contributed by atoms with Gasteiger partial charge in [-0.15, -0.1) is 0 Å². The highest BCUT2D eigenvalue weighted by Gasteiger charge is 2.34. The zero-order valence-corrected chi connectivity index (χ0v) is 15.7. The number of benzene rings is 1. The van der Waals surface area contributed by atoms with Crippen molar-refractivity contribution >= 4 is 17.6 Å². The van der Waals surface area contributed by atoms with Crippen LogP contribution in [0.15, 0.2) is 29.3 Å². The van der Waals surface area contributed by atoms with Crippen molar-refractivity contribution in [1.82, 2.24) is 15.5 Å². The van der Waals surface area contributed by atoms with E-state index in [9.17, 15) is 13.2 Å². The average Bonchev–Trinajstić information content (AvgIpc) is 2.98. The van der Waals surface area contributed by atoms with E-state index in [-0.39, 0.29) is 5.92 Å². The highest BCUT2D eigenvalue weighted by molar-refractivity contribution is 6.30. The summed E-state index contributed by atoms with van der Waals surface area (Å²) in [5.41, 5.74) is 1.14. The highest BCUT2D eigenvalue weighted by atomic mass is 35.5. The summed E-state index contributed by atoms with van der Waals surface area (Å²) in [6, 6.07) is 7.71. The molecule has 1 aliphatic rings. The Hall–Kier alpha value is -1.47. The lowest BCUT2D eigenvalue weighted by molar-refractivity contribution is -0.143. The molecule has 1 atom stereocenters. The van der Waals surface area contributed by atoms with Crippen LogP contribution >= 0.6 is 11.6 Å². The number of guanidine groups is 1. The molecule has 2 N–H and O–H groups in total.